The van der Waals surface area contributed by atoms with Crippen LogP contribution < -0.4 is 10.6 Å². The number of halogens is 1. The molecule has 0 saturated heterocycles. The van der Waals surface area contributed by atoms with Crippen molar-refractivity contribution < 1.29 is 0 Å². The fourth-order valence-corrected chi connectivity index (χ4v) is 6.18. The number of hydrogen-bond acceptors (Lipinski definition) is 1. The Morgan fingerprint density at radius 2 is 1.61 bits per heavy atom. The lowest BCUT2D eigenvalue weighted by molar-refractivity contribution is -0.0671. The van der Waals surface area contributed by atoms with Crippen molar-refractivity contribution in [3.05, 3.63) is 29.3 Å². The number of thiocarbonyl (C=S) groups is 1. The van der Waals surface area contributed by atoms with Crippen LogP contribution in [0.25, 0.3) is 0 Å². The van der Waals surface area contributed by atoms with Gasteiger partial charge in [0, 0.05) is 16.8 Å². The van der Waals surface area contributed by atoms with Gasteiger partial charge in [-0.2, -0.15) is 0 Å². The maximum Gasteiger partial charge on any atom is 0.171 e. The van der Waals surface area contributed by atoms with Crippen molar-refractivity contribution in [2.24, 2.45) is 23.2 Å². The van der Waals surface area contributed by atoms with Gasteiger partial charge in [0.15, 0.2) is 5.11 Å². The second kappa shape index (κ2) is 5.93. The van der Waals surface area contributed by atoms with Crippen molar-refractivity contribution in [1.82, 2.24) is 5.32 Å². The van der Waals surface area contributed by atoms with Crippen molar-refractivity contribution in [3.63, 3.8) is 0 Å². The third-order valence-electron chi connectivity index (χ3n) is 6.45. The van der Waals surface area contributed by atoms with Gasteiger partial charge in [0.25, 0.3) is 0 Å². The molecule has 4 aliphatic rings. The van der Waals surface area contributed by atoms with Crippen LogP contribution >= 0.6 is 23.8 Å². The summed E-state index contributed by atoms with van der Waals surface area (Å²) in [6.07, 6.45) is 8.66. The summed E-state index contributed by atoms with van der Waals surface area (Å²) >= 11 is 11.5. The van der Waals surface area contributed by atoms with Crippen LogP contribution in [-0.2, 0) is 0 Å². The molecule has 4 heteroatoms. The number of anilines is 1. The molecule has 2 nitrogen and oxygen atoms in total. The van der Waals surface area contributed by atoms with Gasteiger partial charge in [-0.3, -0.25) is 0 Å². The topological polar surface area (TPSA) is 24.1 Å². The Morgan fingerprint density at radius 1 is 1.09 bits per heavy atom. The summed E-state index contributed by atoms with van der Waals surface area (Å²) in [5.74, 6) is 2.93. The monoisotopic (exact) mass is 348 g/mol. The average molecular weight is 349 g/mol. The van der Waals surface area contributed by atoms with Gasteiger partial charge >= 0.3 is 0 Å². The smallest absolute Gasteiger partial charge is 0.171 e. The summed E-state index contributed by atoms with van der Waals surface area (Å²) in [6, 6.07) is 8.14. The van der Waals surface area contributed by atoms with Crippen LogP contribution in [0.4, 0.5) is 5.69 Å². The third-order valence-corrected chi connectivity index (χ3v) is 6.93. The summed E-state index contributed by atoms with van der Waals surface area (Å²) in [4.78, 5) is 0. The molecule has 124 valence electrons. The summed E-state index contributed by atoms with van der Waals surface area (Å²) in [5, 5.41) is 8.36. The Bertz CT molecular complexity index is 563. The Balaban J connectivity index is 1.40. The van der Waals surface area contributed by atoms with Crippen LogP contribution in [0, 0.1) is 23.2 Å². The summed E-state index contributed by atoms with van der Waals surface area (Å²) < 4.78 is 0. The van der Waals surface area contributed by atoms with Gasteiger partial charge < -0.3 is 10.6 Å². The second-order valence-corrected chi connectivity index (χ2v) is 8.95. The lowest BCUT2D eigenvalue weighted by Gasteiger charge is -2.59. The van der Waals surface area contributed by atoms with Crippen molar-refractivity contribution in [3.8, 4) is 0 Å². The van der Waals surface area contributed by atoms with Crippen molar-refractivity contribution in [1.29, 1.82) is 0 Å². The molecule has 1 atom stereocenters. The minimum Gasteiger partial charge on any atom is -0.359 e. The number of rotatable bonds is 3. The number of nitrogens with one attached hydrogen (secondary N) is 2. The molecule has 0 heterocycles. The Hall–Kier alpha value is -0.800. The highest BCUT2D eigenvalue weighted by Crippen LogP contribution is 2.61. The fourth-order valence-electron chi connectivity index (χ4n) is 5.76. The van der Waals surface area contributed by atoms with E-state index in [4.69, 9.17) is 23.8 Å². The largest absolute Gasteiger partial charge is 0.359 e. The molecule has 0 aliphatic heterocycles. The highest BCUT2D eigenvalue weighted by molar-refractivity contribution is 7.80. The Labute approximate surface area is 149 Å². The predicted octanol–water partition coefficient (Wildman–Crippen LogP) is 5.23. The van der Waals surface area contributed by atoms with Crippen LogP contribution in [0.2, 0.25) is 5.02 Å². The van der Waals surface area contributed by atoms with E-state index in [1.54, 1.807) is 0 Å². The van der Waals surface area contributed by atoms with Gasteiger partial charge in [-0.25, -0.2) is 0 Å². The molecule has 23 heavy (non-hydrogen) atoms. The SMILES string of the molecule is C[C@H](NC(=S)Nc1ccc(Cl)cc1)C12CC3CC(CC(C3)C1)C2. The highest BCUT2D eigenvalue weighted by Gasteiger charge is 2.53. The van der Waals surface area contributed by atoms with Crippen molar-refractivity contribution >= 4 is 34.6 Å². The summed E-state index contributed by atoms with van der Waals surface area (Å²) in [5.41, 5.74) is 1.46. The lowest BCUT2D eigenvalue weighted by atomic mass is 9.48. The Morgan fingerprint density at radius 3 is 2.13 bits per heavy atom. The number of hydrogen-bond donors (Lipinski definition) is 2. The second-order valence-electron chi connectivity index (χ2n) is 8.11. The molecule has 0 radical (unpaired) electrons. The van der Waals surface area contributed by atoms with E-state index in [1.165, 1.54) is 38.5 Å². The molecular formula is C19H25ClN2S. The van der Waals surface area contributed by atoms with E-state index < -0.39 is 0 Å². The summed E-state index contributed by atoms with van der Waals surface area (Å²) in [7, 11) is 0. The zero-order valence-corrected chi connectivity index (χ0v) is 15.2. The van der Waals surface area contributed by atoms with Crippen LogP contribution in [0.5, 0.6) is 0 Å². The first-order valence-corrected chi connectivity index (χ1v) is 9.64. The van der Waals surface area contributed by atoms with E-state index in [2.05, 4.69) is 17.6 Å². The highest BCUT2D eigenvalue weighted by atomic mass is 35.5. The van der Waals surface area contributed by atoms with E-state index in [0.717, 1.165) is 33.6 Å². The molecule has 0 amide bonds. The first kappa shape index (κ1) is 15.7. The minimum atomic E-state index is 0.447. The van der Waals surface area contributed by atoms with Gasteiger partial charge in [-0.1, -0.05) is 11.6 Å². The minimum absolute atomic E-state index is 0.447. The molecular weight excluding hydrogens is 324 g/mol. The molecule has 4 fully saturated rings. The van der Waals surface area contributed by atoms with Crippen molar-refractivity contribution in [2.75, 3.05) is 5.32 Å². The molecule has 1 aromatic rings. The van der Waals surface area contributed by atoms with E-state index in [1.807, 2.05) is 24.3 Å². The normalized spacial score (nSPS) is 35.8. The standard InChI is InChI=1S/C19H25ClN2S/c1-12(21-18(23)22-17-4-2-16(20)3-5-17)19-9-13-6-14(10-19)8-15(7-13)11-19/h2-5,12-15H,6-11H2,1H3,(H2,21,22,23)/t12-,13?,14?,15?,19?/m0/s1. The molecule has 5 rings (SSSR count). The van der Waals surface area contributed by atoms with Gasteiger partial charge in [-0.05, 0) is 105 Å². The van der Waals surface area contributed by atoms with Crippen molar-refractivity contribution in [2.45, 2.75) is 51.5 Å². The third kappa shape index (κ3) is 3.10. The lowest BCUT2D eigenvalue weighted by Crippen LogP contribution is -2.56. The molecule has 0 unspecified atom stereocenters. The van der Waals surface area contributed by atoms with E-state index >= 15 is 0 Å². The molecule has 4 saturated carbocycles. The first-order valence-electron chi connectivity index (χ1n) is 8.85. The average Bonchev–Trinajstić information content (AvgIpc) is 2.48. The molecule has 0 spiro atoms. The zero-order valence-electron chi connectivity index (χ0n) is 13.6. The van der Waals surface area contributed by atoms with E-state index in [-0.39, 0.29) is 0 Å². The van der Waals surface area contributed by atoms with Gasteiger partial charge in [-0.15, -0.1) is 0 Å². The van der Waals surface area contributed by atoms with Crippen LogP contribution in [0.1, 0.15) is 45.4 Å². The van der Waals surface area contributed by atoms with Crippen LogP contribution in [-0.4, -0.2) is 11.2 Å². The van der Waals surface area contributed by atoms with Gasteiger partial charge in [0.1, 0.15) is 0 Å². The molecule has 2 N–H and O–H groups in total. The molecule has 1 aromatic carbocycles. The number of benzene rings is 1. The Kier molecular flexibility index (Phi) is 4.05. The van der Waals surface area contributed by atoms with Gasteiger partial charge in [0.05, 0.1) is 0 Å². The molecule has 0 aromatic heterocycles. The first-order chi connectivity index (χ1) is 11.0. The van der Waals surface area contributed by atoms with E-state index in [0.29, 0.717) is 11.5 Å². The molecule has 4 aliphatic carbocycles. The fraction of sp³-hybridized carbons (Fsp3) is 0.632. The maximum absolute atomic E-state index is 5.93. The molecule has 4 bridgehead atoms. The summed E-state index contributed by atoms with van der Waals surface area (Å²) in [6.45, 7) is 2.34. The van der Waals surface area contributed by atoms with Gasteiger partial charge in [0.2, 0.25) is 0 Å². The van der Waals surface area contributed by atoms with Crippen LogP contribution in [0.15, 0.2) is 24.3 Å². The van der Waals surface area contributed by atoms with E-state index in [9.17, 15) is 0 Å². The maximum atomic E-state index is 5.93. The zero-order chi connectivity index (χ0) is 16.0. The predicted molar refractivity (Wildman–Crippen MR) is 101 cm³/mol. The van der Waals surface area contributed by atoms with Crippen LogP contribution in [0.3, 0.4) is 0 Å². The quantitative estimate of drug-likeness (QED) is 0.731.